The van der Waals surface area contributed by atoms with Crippen LogP contribution in [-0.4, -0.2) is 9.78 Å². The minimum atomic E-state index is 0.0259. The molecular weight excluding hydrogens is 258 g/mol. The molecule has 0 aliphatic heterocycles. The molecule has 1 unspecified atom stereocenters. The van der Waals surface area contributed by atoms with Gasteiger partial charge in [-0.1, -0.05) is 45.0 Å². The summed E-state index contributed by atoms with van der Waals surface area (Å²) in [7, 11) is 0. The van der Waals surface area contributed by atoms with Gasteiger partial charge < -0.3 is 5.73 Å². The maximum atomic E-state index is 6.39. The number of rotatable bonds is 6. The van der Waals surface area contributed by atoms with Gasteiger partial charge in [0.1, 0.15) is 0 Å². The Balaban J connectivity index is 2.13. The van der Waals surface area contributed by atoms with Crippen LogP contribution in [0.3, 0.4) is 0 Å². The Morgan fingerprint density at radius 2 is 1.71 bits per heavy atom. The first-order valence-corrected chi connectivity index (χ1v) is 7.96. The van der Waals surface area contributed by atoms with Crippen LogP contribution >= 0.6 is 0 Å². The van der Waals surface area contributed by atoms with Gasteiger partial charge in [0, 0.05) is 24.7 Å². The molecule has 2 N–H and O–H groups in total. The molecule has 0 fully saturated rings. The van der Waals surface area contributed by atoms with E-state index in [2.05, 4.69) is 67.8 Å². The normalized spacial score (nSPS) is 12.9. The molecule has 0 bridgehead atoms. The lowest BCUT2D eigenvalue weighted by atomic mass is 9.97. The van der Waals surface area contributed by atoms with Crippen LogP contribution in [0.15, 0.2) is 30.3 Å². The highest BCUT2D eigenvalue weighted by Crippen LogP contribution is 2.20. The zero-order valence-corrected chi connectivity index (χ0v) is 13.6. The summed E-state index contributed by atoms with van der Waals surface area (Å²) in [6, 6.07) is 10.9. The highest BCUT2D eigenvalue weighted by Gasteiger charge is 2.12. The van der Waals surface area contributed by atoms with Gasteiger partial charge in [-0.05, 0) is 36.5 Å². The summed E-state index contributed by atoms with van der Waals surface area (Å²) in [4.78, 5) is 0. The van der Waals surface area contributed by atoms with E-state index in [4.69, 9.17) is 5.73 Å². The molecule has 0 saturated heterocycles. The third-order valence-electron chi connectivity index (χ3n) is 4.04. The van der Waals surface area contributed by atoms with Crippen LogP contribution in [0, 0.1) is 0 Å². The third-order valence-corrected chi connectivity index (χ3v) is 4.04. The average Bonchev–Trinajstić information content (AvgIpc) is 2.89. The Kier molecular flexibility index (Phi) is 5.18. The number of hydrogen-bond acceptors (Lipinski definition) is 2. The van der Waals surface area contributed by atoms with Crippen molar-refractivity contribution in [2.45, 2.75) is 59.0 Å². The number of nitrogens with two attached hydrogens (primary N) is 1. The maximum absolute atomic E-state index is 6.39. The standard InChI is InChI=1S/C18H27N3/c1-5-16-11-17(21(6-2)20-16)12-18(19)15-9-7-14(8-10-15)13(3)4/h7-11,13,18H,5-6,12,19H2,1-4H3. The first kappa shape index (κ1) is 15.8. The van der Waals surface area contributed by atoms with Crippen LogP contribution in [0.5, 0.6) is 0 Å². The third kappa shape index (κ3) is 3.73. The minimum Gasteiger partial charge on any atom is -0.324 e. The van der Waals surface area contributed by atoms with Gasteiger partial charge in [-0.25, -0.2) is 0 Å². The Labute approximate surface area is 128 Å². The van der Waals surface area contributed by atoms with Crippen LogP contribution in [0.1, 0.15) is 62.2 Å². The van der Waals surface area contributed by atoms with Crippen LogP contribution in [0.4, 0.5) is 0 Å². The zero-order chi connectivity index (χ0) is 15.4. The minimum absolute atomic E-state index is 0.0259. The predicted octanol–water partition coefficient (Wildman–Crippen LogP) is 3.83. The molecule has 3 heteroatoms. The van der Waals surface area contributed by atoms with Gasteiger partial charge in [0.05, 0.1) is 5.69 Å². The second-order valence-electron chi connectivity index (χ2n) is 5.93. The Bertz CT molecular complexity index is 567. The van der Waals surface area contributed by atoms with E-state index >= 15 is 0 Å². The monoisotopic (exact) mass is 285 g/mol. The average molecular weight is 285 g/mol. The van der Waals surface area contributed by atoms with Crippen molar-refractivity contribution >= 4 is 0 Å². The molecule has 1 heterocycles. The van der Waals surface area contributed by atoms with Crippen molar-refractivity contribution in [2.75, 3.05) is 0 Å². The van der Waals surface area contributed by atoms with Crippen molar-refractivity contribution in [2.24, 2.45) is 5.73 Å². The molecule has 1 aromatic carbocycles. The van der Waals surface area contributed by atoms with Crippen LogP contribution in [0.25, 0.3) is 0 Å². The van der Waals surface area contributed by atoms with E-state index in [-0.39, 0.29) is 6.04 Å². The molecule has 0 amide bonds. The van der Waals surface area contributed by atoms with Gasteiger partial charge in [0.2, 0.25) is 0 Å². The molecule has 0 saturated carbocycles. The first-order chi connectivity index (χ1) is 10.0. The molecule has 2 aromatic rings. The summed E-state index contributed by atoms with van der Waals surface area (Å²) in [5.41, 5.74) is 11.3. The molecule has 1 aromatic heterocycles. The van der Waals surface area contributed by atoms with Crippen LogP contribution < -0.4 is 5.73 Å². The predicted molar refractivity (Wildman–Crippen MR) is 88.4 cm³/mol. The van der Waals surface area contributed by atoms with Gasteiger partial charge in [-0.15, -0.1) is 0 Å². The van der Waals surface area contributed by atoms with Gasteiger partial charge in [-0.3, -0.25) is 4.68 Å². The van der Waals surface area contributed by atoms with E-state index in [1.54, 1.807) is 0 Å². The summed E-state index contributed by atoms with van der Waals surface area (Å²) in [5.74, 6) is 0.559. The molecular formula is C18H27N3. The molecule has 0 radical (unpaired) electrons. The molecule has 21 heavy (non-hydrogen) atoms. The van der Waals surface area contributed by atoms with Gasteiger partial charge >= 0.3 is 0 Å². The largest absolute Gasteiger partial charge is 0.324 e. The van der Waals surface area contributed by atoms with Gasteiger partial charge in [-0.2, -0.15) is 5.10 Å². The summed E-state index contributed by atoms with van der Waals surface area (Å²) in [6.07, 6.45) is 1.81. The molecule has 114 valence electrons. The van der Waals surface area contributed by atoms with Crippen LogP contribution in [-0.2, 0) is 19.4 Å². The van der Waals surface area contributed by atoms with Crippen molar-refractivity contribution in [3.63, 3.8) is 0 Å². The fourth-order valence-corrected chi connectivity index (χ4v) is 2.60. The molecule has 1 atom stereocenters. The van der Waals surface area contributed by atoms with Crippen molar-refractivity contribution in [1.29, 1.82) is 0 Å². The second-order valence-corrected chi connectivity index (χ2v) is 5.93. The lowest BCUT2D eigenvalue weighted by Crippen LogP contribution is -2.16. The van der Waals surface area contributed by atoms with E-state index in [0.29, 0.717) is 5.92 Å². The van der Waals surface area contributed by atoms with Gasteiger partial charge in [0.25, 0.3) is 0 Å². The van der Waals surface area contributed by atoms with Crippen molar-refractivity contribution < 1.29 is 0 Å². The number of aromatic nitrogens is 2. The number of benzene rings is 1. The number of aryl methyl sites for hydroxylation is 2. The van der Waals surface area contributed by atoms with Gasteiger partial charge in [0.15, 0.2) is 0 Å². The summed E-state index contributed by atoms with van der Waals surface area (Å²) in [5, 5.41) is 4.59. The quantitative estimate of drug-likeness (QED) is 0.876. The Morgan fingerprint density at radius 1 is 1.10 bits per heavy atom. The van der Waals surface area contributed by atoms with E-state index in [9.17, 15) is 0 Å². The highest BCUT2D eigenvalue weighted by atomic mass is 15.3. The molecule has 0 spiro atoms. The molecule has 3 nitrogen and oxygen atoms in total. The van der Waals surface area contributed by atoms with Crippen molar-refractivity contribution in [3.05, 3.63) is 52.8 Å². The lowest BCUT2D eigenvalue weighted by molar-refractivity contribution is 0.585. The molecule has 0 aliphatic carbocycles. The Morgan fingerprint density at radius 3 is 2.24 bits per heavy atom. The van der Waals surface area contributed by atoms with Crippen molar-refractivity contribution in [3.8, 4) is 0 Å². The number of nitrogens with zero attached hydrogens (tertiary/aromatic N) is 2. The zero-order valence-electron chi connectivity index (χ0n) is 13.6. The summed E-state index contributed by atoms with van der Waals surface area (Å²) >= 11 is 0. The van der Waals surface area contributed by atoms with Crippen molar-refractivity contribution in [1.82, 2.24) is 9.78 Å². The topological polar surface area (TPSA) is 43.8 Å². The fraction of sp³-hybridized carbons (Fsp3) is 0.500. The number of hydrogen-bond donors (Lipinski definition) is 1. The molecule has 0 aliphatic rings. The van der Waals surface area contributed by atoms with Crippen LogP contribution in [0.2, 0.25) is 0 Å². The summed E-state index contributed by atoms with van der Waals surface area (Å²) < 4.78 is 2.07. The SMILES string of the molecule is CCc1cc(CC(N)c2ccc(C(C)C)cc2)n(CC)n1. The second kappa shape index (κ2) is 6.90. The van der Waals surface area contributed by atoms with E-state index in [0.717, 1.165) is 25.1 Å². The highest BCUT2D eigenvalue weighted by molar-refractivity contribution is 5.27. The maximum Gasteiger partial charge on any atom is 0.0624 e. The lowest BCUT2D eigenvalue weighted by Gasteiger charge is -2.14. The first-order valence-electron chi connectivity index (χ1n) is 7.96. The smallest absolute Gasteiger partial charge is 0.0624 e. The summed E-state index contributed by atoms with van der Waals surface area (Å²) in [6.45, 7) is 9.58. The van der Waals surface area contributed by atoms with E-state index in [1.807, 2.05) is 0 Å². The van der Waals surface area contributed by atoms with E-state index < -0.39 is 0 Å². The Hall–Kier alpha value is -1.61. The van der Waals surface area contributed by atoms with E-state index in [1.165, 1.54) is 16.8 Å². The molecule has 2 rings (SSSR count). The fourth-order valence-electron chi connectivity index (χ4n) is 2.60.